The lowest BCUT2D eigenvalue weighted by Gasteiger charge is -2.25. The van der Waals surface area contributed by atoms with Crippen molar-refractivity contribution < 1.29 is 14.3 Å². The number of methoxy groups -OCH3 is 1. The van der Waals surface area contributed by atoms with Crippen LogP contribution in [0.4, 0.5) is 0 Å². The van der Waals surface area contributed by atoms with Crippen LogP contribution in [0.3, 0.4) is 0 Å². The molecule has 2 amide bonds. The third kappa shape index (κ3) is 4.56. The van der Waals surface area contributed by atoms with Crippen molar-refractivity contribution in [2.24, 2.45) is 0 Å². The van der Waals surface area contributed by atoms with E-state index in [0.717, 1.165) is 17.7 Å². The zero-order valence-electron chi connectivity index (χ0n) is 18.0. The molecule has 3 heterocycles. The normalized spacial score (nSPS) is 15.4. The number of nitrogens with one attached hydrogen (secondary N) is 1. The summed E-state index contributed by atoms with van der Waals surface area (Å²) in [5.74, 6) is 0.796. The van der Waals surface area contributed by atoms with Gasteiger partial charge < -0.3 is 15.0 Å². The van der Waals surface area contributed by atoms with Crippen LogP contribution in [-0.2, 0) is 6.54 Å². The van der Waals surface area contributed by atoms with Gasteiger partial charge in [-0.2, -0.15) is 0 Å². The Morgan fingerprint density at radius 3 is 2.69 bits per heavy atom. The minimum absolute atomic E-state index is 0.221. The summed E-state index contributed by atoms with van der Waals surface area (Å²) < 4.78 is 5.16. The number of carbonyl (C=O) groups is 2. The molecule has 1 fully saturated rings. The predicted octanol–water partition coefficient (Wildman–Crippen LogP) is 2.49. The molecular formula is C23H24N6O3. The first kappa shape index (κ1) is 21.4. The molecule has 0 bridgehead atoms. The van der Waals surface area contributed by atoms with E-state index in [0.29, 0.717) is 36.6 Å². The molecule has 0 unspecified atom stereocenters. The molecule has 9 nitrogen and oxygen atoms in total. The number of amides is 2. The highest BCUT2D eigenvalue weighted by atomic mass is 16.5. The maximum Gasteiger partial charge on any atom is 0.274 e. The van der Waals surface area contributed by atoms with Gasteiger partial charge in [0.25, 0.3) is 11.8 Å². The van der Waals surface area contributed by atoms with E-state index in [-0.39, 0.29) is 23.6 Å². The fraction of sp³-hybridized carbons (Fsp3) is 0.304. The molecule has 2 aromatic heterocycles. The molecule has 1 aliphatic rings. The monoisotopic (exact) mass is 432 g/mol. The van der Waals surface area contributed by atoms with Crippen molar-refractivity contribution in [3.8, 4) is 5.75 Å². The van der Waals surface area contributed by atoms with Crippen molar-refractivity contribution >= 4 is 11.8 Å². The van der Waals surface area contributed by atoms with Gasteiger partial charge in [-0.15, -0.1) is 0 Å². The third-order valence-electron chi connectivity index (χ3n) is 5.41. The van der Waals surface area contributed by atoms with Gasteiger partial charge in [0.05, 0.1) is 30.6 Å². The lowest BCUT2D eigenvalue weighted by molar-refractivity contribution is 0.0722. The summed E-state index contributed by atoms with van der Waals surface area (Å²) in [7, 11) is 1.61. The van der Waals surface area contributed by atoms with Crippen LogP contribution in [0.5, 0.6) is 5.75 Å². The Hall–Kier alpha value is -3.88. The largest absolute Gasteiger partial charge is 0.497 e. The van der Waals surface area contributed by atoms with Gasteiger partial charge in [0.1, 0.15) is 17.3 Å². The van der Waals surface area contributed by atoms with Crippen LogP contribution >= 0.6 is 0 Å². The molecule has 1 atom stereocenters. The molecule has 0 saturated carbocycles. The Balaban J connectivity index is 1.55. The minimum Gasteiger partial charge on any atom is -0.497 e. The summed E-state index contributed by atoms with van der Waals surface area (Å²) in [5, 5.41) is 2.93. The van der Waals surface area contributed by atoms with Gasteiger partial charge in [-0.3, -0.25) is 14.6 Å². The van der Waals surface area contributed by atoms with Gasteiger partial charge in [0.2, 0.25) is 0 Å². The van der Waals surface area contributed by atoms with Gasteiger partial charge >= 0.3 is 0 Å². The van der Waals surface area contributed by atoms with Crippen molar-refractivity contribution in [3.63, 3.8) is 0 Å². The van der Waals surface area contributed by atoms with Crippen molar-refractivity contribution in [2.45, 2.75) is 32.4 Å². The van der Waals surface area contributed by atoms with Gasteiger partial charge in [-0.25, -0.2) is 15.0 Å². The Labute approximate surface area is 185 Å². The smallest absolute Gasteiger partial charge is 0.274 e. The van der Waals surface area contributed by atoms with Crippen molar-refractivity contribution in [1.82, 2.24) is 30.2 Å². The van der Waals surface area contributed by atoms with E-state index < -0.39 is 0 Å². The number of rotatable bonds is 6. The zero-order valence-corrected chi connectivity index (χ0v) is 18.0. The third-order valence-corrected chi connectivity index (χ3v) is 5.41. The fourth-order valence-electron chi connectivity index (χ4n) is 3.79. The second-order valence-corrected chi connectivity index (χ2v) is 7.49. The van der Waals surface area contributed by atoms with E-state index in [1.165, 1.54) is 24.8 Å². The van der Waals surface area contributed by atoms with Crippen LogP contribution in [0.15, 0.2) is 49.1 Å². The molecule has 1 aromatic carbocycles. The Morgan fingerprint density at radius 2 is 1.97 bits per heavy atom. The quantitative estimate of drug-likeness (QED) is 0.637. The van der Waals surface area contributed by atoms with E-state index in [1.807, 2.05) is 24.3 Å². The lowest BCUT2D eigenvalue weighted by Crippen LogP contribution is -2.34. The van der Waals surface area contributed by atoms with Crippen molar-refractivity contribution in [2.75, 3.05) is 13.7 Å². The summed E-state index contributed by atoms with van der Waals surface area (Å²) in [6, 6.07) is 7.15. The summed E-state index contributed by atoms with van der Waals surface area (Å²) in [5.41, 5.74) is 2.14. The summed E-state index contributed by atoms with van der Waals surface area (Å²) in [6.07, 6.45) is 7.52. The maximum atomic E-state index is 13.0. The highest BCUT2D eigenvalue weighted by molar-refractivity contribution is 5.96. The average Bonchev–Trinajstić information content (AvgIpc) is 3.32. The Morgan fingerprint density at radius 1 is 1.16 bits per heavy atom. The molecule has 0 aliphatic carbocycles. The van der Waals surface area contributed by atoms with Gasteiger partial charge in [0, 0.05) is 31.7 Å². The second kappa shape index (κ2) is 9.51. The molecule has 0 radical (unpaired) electrons. The number of benzene rings is 1. The lowest BCUT2D eigenvalue weighted by atomic mass is 10.0. The number of aromatic nitrogens is 4. The van der Waals surface area contributed by atoms with Crippen LogP contribution in [-0.4, -0.2) is 50.3 Å². The number of hydrogen-bond donors (Lipinski definition) is 1. The molecule has 9 heteroatoms. The SMILES string of the molecule is COc1ccc(CNC(=O)c2cnc(C)nc2[C@H]2CCCN2C(=O)c2cnccn2)cc1. The number of carbonyl (C=O) groups excluding carboxylic acids is 2. The molecule has 1 saturated heterocycles. The van der Waals surface area contributed by atoms with Gasteiger partial charge in [0.15, 0.2) is 0 Å². The van der Waals surface area contributed by atoms with Crippen LogP contribution in [0.2, 0.25) is 0 Å². The first-order chi connectivity index (χ1) is 15.6. The van der Waals surface area contributed by atoms with Crippen LogP contribution < -0.4 is 10.1 Å². The van der Waals surface area contributed by atoms with E-state index >= 15 is 0 Å². The van der Waals surface area contributed by atoms with Crippen molar-refractivity contribution in [3.05, 3.63) is 77.4 Å². The number of likely N-dealkylation sites (tertiary alicyclic amines) is 1. The molecular weight excluding hydrogens is 408 g/mol. The summed E-state index contributed by atoms with van der Waals surface area (Å²) in [6.45, 7) is 2.69. The first-order valence-electron chi connectivity index (χ1n) is 10.4. The van der Waals surface area contributed by atoms with Crippen LogP contribution in [0.25, 0.3) is 0 Å². The molecule has 3 aromatic rings. The fourth-order valence-corrected chi connectivity index (χ4v) is 3.79. The number of nitrogens with zero attached hydrogens (tertiary/aromatic N) is 5. The molecule has 1 N–H and O–H groups in total. The summed E-state index contributed by atoms with van der Waals surface area (Å²) >= 11 is 0. The minimum atomic E-state index is -0.326. The van der Waals surface area contributed by atoms with Gasteiger partial charge in [-0.05, 0) is 37.5 Å². The summed E-state index contributed by atoms with van der Waals surface area (Å²) in [4.78, 5) is 44.7. The maximum absolute atomic E-state index is 13.0. The van der Waals surface area contributed by atoms with E-state index in [9.17, 15) is 9.59 Å². The topological polar surface area (TPSA) is 110 Å². The zero-order chi connectivity index (χ0) is 22.5. The van der Waals surface area contributed by atoms with E-state index in [4.69, 9.17) is 4.74 Å². The predicted molar refractivity (Wildman–Crippen MR) is 116 cm³/mol. The molecule has 32 heavy (non-hydrogen) atoms. The number of ether oxygens (including phenoxy) is 1. The Bertz CT molecular complexity index is 1100. The highest BCUT2D eigenvalue weighted by Gasteiger charge is 2.35. The number of aryl methyl sites for hydroxylation is 1. The van der Waals surface area contributed by atoms with Gasteiger partial charge in [-0.1, -0.05) is 12.1 Å². The average molecular weight is 432 g/mol. The molecule has 0 spiro atoms. The van der Waals surface area contributed by atoms with E-state index in [2.05, 4.69) is 25.3 Å². The first-order valence-corrected chi connectivity index (χ1v) is 10.4. The molecule has 1 aliphatic heterocycles. The number of hydrogen-bond acceptors (Lipinski definition) is 7. The molecule has 4 rings (SSSR count). The van der Waals surface area contributed by atoms with E-state index in [1.54, 1.807) is 18.9 Å². The second-order valence-electron chi connectivity index (χ2n) is 7.49. The van der Waals surface area contributed by atoms with Crippen molar-refractivity contribution in [1.29, 1.82) is 0 Å². The van der Waals surface area contributed by atoms with Crippen LogP contribution in [0.1, 0.15) is 56.8 Å². The standard InChI is InChI=1S/C23H24N6O3/c1-15-26-13-18(22(30)27-12-16-5-7-17(32-2)8-6-16)21(28-15)20-4-3-11-29(20)23(31)19-14-24-9-10-25-19/h5-10,13-14,20H,3-4,11-12H2,1-2H3,(H,27,30)/t20-/m1/s1. The Kier molecular flexibility index (Phi) is 6.34. The highest BCUT2D eigenvalue weighted by Crippen LogP contribution is 2.33. The molecule has 164 valence electrons. The van der Waals surface area contributed by atoms with Crippen LogP contribution in [0, 0.1) is 6.92 Å².